The molecule has 44 heavy (non-hydrogen) atoms. The van der Waals surface area contributed by atoms with Crippen molar-refractivity contribution in [3.05, 3.63) is 63.6 Å². The highest BCUT2D eigenvalue weighted by Gasteiger charge is 2.29. The fourth-order valence-electron chi connectivity index (χ4n) is 5.15. The van der Waals surface area contributed by atoms with E-state index < -0.39 is 24.0 Å². The van der Waals surface area contributed by atoms with E-state index in [0.717, 1.165) is 5.56 Å². The molecule has 1 aliphatic heterocycles. The molecule has 2 aromatic heterocycles. The Morgan fingerprint density at radius 3 is 2.34 bits per heavy atom. The molecule has 236 valence electrons. The molecular formula is C31H42N8O4S. The molecular weight excluding hydrogens is 580 g/mol. The lowest BCUT2D eigenvalue weighted by Crippen LogP contribution is -2.51. The number of nitrogens with zero attached hydrogens (tertiary/aromatic N) is 5. The first-order valence-electron chi connectivity index (χ1n) is 14.9. The van der Waals surface area contributed by atoms with Crippen molar-refractivity contribution in [2.24, 2.45) is 11.8 Å². The molecule has 0 saturated heterocycles. The van der Waals surface area contributed by atoms with Crippen molar-refractivity contribution in [2.75, 3.05) is 13.1 Å². The lowest BCUT2D eigenvalue weighted by atomic mass is 10.0. The van der Waals surface area contributed by atoms with Gasteiger partial charge >= 0.3 is 0 Å². The van der Waals surface area contributed by atoms with Crippen LogP contribution in [0.5, 0.6) is 0 Å². The maximum absolute atomic E-state index is 13.6. The molecule has 4 amide bonds. The number of benzene rings is 1. The highest BCUT2D eigenvalue weighted by molar-refractivity contribution is 7.09. The van der Waals surface area contributed by atoms with Crippen LogP contribution in [0.15, 0.2) is 35.7 Å². The number of hydrogen-bond donors (Lipinski definition) is 3. The molecule has 0 unspecified atom stereocenters. The number of carbonyl (C=O) groups is 4. The van der Waals surface area contributed by atoms with Crippen LogP contribution in [-0.4, -0.2) is 67.4 Å². The average molecular weight is 623 g/mol. The van der Waals surface area contributed by atoms with E-state index in [-0.39, 0.29) is 54.9 Å². The number of fused-ring (bicyclic) bond motifs is 3. The fourth-order valence-corrected chi connectivity index (χ4v) is 6.01. The number of aryl methyl sites for hydroxylation is 1. The van der Waals surface area contributed by atoms with Crippen LogP contribution in [0.2, 0.25) is 0 Å². The molecule has 3 atom stereocenters. The van der Waals surface area contributed by atoms with Gasteiger partial charge in [0.1, 0.15) is 23.1 Å². The molecule has 1 aromatic carbocycles. The molecule has 1 aliphatic rings. The number of nitrogens with one attached hydrogen (secondary N) is 3. The standard InChI is InChI=1S/C31H42N8O4S/c1-18(2)12-24-31-36-26(17-44-31)30(43)35-23(13-22-10-8-7-9-11-22)29-32-20(5)37-39(29)16-28(42)34-25(19(3)4)14-38(21(6)40)15-27(41)33-24/h7-11,17-19,23-25H,12-16H2,1-6H3,(H,33,41)(H,34,42)(H,35,43)/t23-,24-,25+/m0/s1. The summed E-state index contributed by atoms with van der Waals surface area (Å²) in [5.74, 6) is -0.228. The van der Waals surface area contributed by atoms with Gasteiger partial charge in [0.15, 0.2) is 5.82 Å². The number of hydrogen-bond acceptors (Lipinski definition) is 8. The van der Waals surface area contributed by atoms with Gasteiger partial charge in [0.25, 0.3) is 5.91 Å². The minimum Gasteiger partial charge on any atom is -0.350 e. The van der Waals surface area contributed by atoms with Crippen LogP contribution in [0, 0.1) is 18.8 Å². The Morgan fingerprint density at radius 2 is 1.68 bits per heavy atom. The number of carbonyl (C=O) groups excluding carboxylic acids is 4. The quantitative estimate of drug-likeness (QED) is 0.396. The maximum atomic E-state index is 13.6. The zero-order valence-corrected chi connectivity index (χ0v) is 27.0. The monoisotopic (exact) mass is 622 g/mol. The van der Waals surface area contributed by atoms with Gasteiger partial charge in [-0.1, -0.05) is 58.0 Å². The summed E-state index contributed by atoms with van der Waals surface area (Å²) in [4.78, 5) is 63.6. The van der Waals surface area contributed by atoms with Crippen molar-refractivity contribution in [1.29, 1.82) is 0 Å². The molecule has 0 radical (unpaired) electrons. The van der Waals surface area contributed by atoms with Crippen LogP contribution in [0.1, 0.15) is 85.8 Å². The smallest absolute Gasteiger partial charge is 0.271 e. The molecule has 0 fully saturated rings. The van der Waals surface area contributed by atoms with E-state index in [1.54, 1.807) is 12.3 Å². The van der Waals surface area contributed by atoms with Crippen LogP contribution < -0.4 is 16.0 Å². The predicted molar refractivity (Wildman–Crippen MR) is 167 cm³/mol. The molecule has 3 N–H and O–H groups in total. The van der Waals surface area contributed by atoms with Crippen LogP contribution in [-0.2, 0) is 27.3 Å². The van der Waals surface area contributed by atoms with Crippen LogP contribution in [0.4, 0.5) is 0 Å². The molecule has 0 spiro atoms. The normalized spacial score (nSPS) is 20.4. The summed E-state index contributed by atoms with van der Waals surface area (Å²) >= 11 is 1.30. The average Bonchev–Trinajstić information content (AvgIpc) is 3.58. The number of rotatable bonds is 5. The van der Waals surface area contributed by atoms with Crippen LogP contribution >= 0.6 is 11.3 Å². The molecule has 0 saturated carbocycles. The van der Waals surface area contributed by atoms with Crippen molar-refractivity contribution >= 4 is 35.0 Å². The zero-order valence-electron chi connectivity index (χ0n) is 26.2. The second-order valence-electron chi connectivity index (χ2n) is 12.0. The first kappa shape index (κ1) is 32.8. The minimum atomic E-state index is -0.608. The van der Waals surface area contributed by atoms with Crippen LogP contribution in [0.25, 0.3) is 0 Å². The predicted octanol–water partition coefficient (Wildman–Crippen LogP) is 2.96. The summed E-state index contributed by atoms with van der Waals surface area (Å²) in [6.07, 6.45) is 1.02. The Hall–Kier alpha value is -4.13. The fraction of sp³-hybridized carbons (Fsp3) is 0.516. The van der Waals surface area contributed by atoms with Crippen molar-refractivity contribution in [2.45, 2.75) is 79.1 Å². The minimum absolute atomic E-state index is 0.0287. The van der Waals surface area contributed by atoms with Gasteiger partial charge in [-0.05, 0) is 37.2 Å². The van der Waals surface area contributed by atoms with Crippen molar-refractivity contribution < 1.29 is 19.2 Å². The SMILES string of the molecule is CC(=O)N1CC(=O)N[C@@H](CC(C)C)c2nc(cs2)C(=O)N[C@@H](Cc2ccccc2)c2nc(C)nn2CC(=O)N[C@@H](C(C)C)C1. The van der Waals surface area contributed by atoms with E-state index in [1.165, 1.54) is 27.8 Å². The Labute approximate surface area is 262 Å². The molecule has 0 aliphatic carbocycles. The molecule has 3 aromatic rings. The molecule has 3 heterocycles. The second kappa shape index (κ2) is 14.6. The molecule has 12 nitrogen and oxygen atoms in total. The first-order valence-corrected chi connectivity index (χ1v) is 15.8. The van der Waals surface area contributed by atoms with E-state index in [4.69, 9.17) is 0 Å². The summed E-state index contributed by atoms with van der Waals surface area (Å²) in [6, 6.07) is 8.24. The van der Waals surface area contributed by atoms with Gasteiger partial charge < -0.3 is 20.9 Å². The third kappa shape index (κ3) is 8.71. The van der Waals surface area contributed by atoms with Gasteiger partial charge in [0.2, 0.25) is 17.7 Å². The lowest BCUT2D eigenvalue weighted by Gasteiger charge is -2.30. The van der Waals surface area contributed by atoms with Crippen molar-refractivity contribution in [1.82, 2.24) is 40.6 Å². The van der Waals surface area contributed by atoms with Gasteiger partial charge in [-0.15, -0.1) is 11.3 Å². The van der Waals surface area contributed by atoms with E-state index in [0.29, 0.717) is 29.5 Å². The highest BCUT2D eigenvalue weighted by Crippen LogP contribution is 2.26. The first-order chi connectivity index (χ1) is 20.9. The summed E-state index contributed by atoms with van der Waals surface area (Å²) in [5, 5.41) is 15.9. The maximum Gasteiger partial charge on any atom is 0.271 e. The lowest BCUT2D eigenvalue weighted by molar-refractivity contribution is -0.135. The second-order valence-corrected chi connectivity index (χ2v) is 12.9. The van der Waals surface area contributed by atoms with Gasteiger partial charge in [0, 0.05) is 24.9 Å². The Morgan fingerprint density at radius 1 is 0.977 bits per heavy atom. The van der Waals surface area contributed by atoms with Gasteiger partial charge in [-0.3, -0.25) is 19.2 Å². The molecule has 4 rings (SSSR count). The number of aromatic nitrogens is 4. The Balaban J connectivity index is 1.76. The largest absolute Gasteiger partial charge is 0.350 e. The Kier molecular flexibility index (Phi) is 10.8. The van der Waals surface area contributed by atoms with Crippen molar-refractivity contribution in [3.8, 4) is 0 Å². The zero-order chi connectivity index (χ0) is 32.0. The van der Waals surface area contributed by atoms with E-state index >= 15 is 0 Å². The number of thiazole rings is 1. The summed E-state index contributed by atoms with van der Waals surface area (Å²) in [5.41, 5.74) is 1.19. The van der Waals surface area contributed by atoms with Crippen molar-refractivity contribution in [3.63, 3.8) is 0 Å². The Bertz CT molecular complexity index is 1470. The van der Waals surface area contributed by atoms with E-state index in [1.807, 2.05) is 58.0 Å². The van der Waals surface area contributed by atoms with E-state index in [9.17, 15) is 19.2 Å². The highest BCUT2D eigenvalue weighted by atomic mass is 32.1. The topological polar surface area (TPSA) is 151 Å². The van der Waals surface area contributed by atoms with E-state index in [2.05, 4.69) is 31.0 Å². The van der Waals surface area contributed by atoms with Gasteiger partial charge in [-0.25, -0.2) is 14.6 Å². The summed E-state index contributed by atoms with van der Waals surface area (Å²) < 4.78 is 1.51. The molecule has 2 bridgehead atoms. The molecule has 13 heteroatoms. The number of amides is 4. The van der Waals surface area contributed by atoms with Crippen LogP contribution in [0.3, 0.4) is 0 Å². The van der Waals surface area contributed by atoms with Gasteiger partial charge in [-0.2, -0.15) is 5.10 Å². The summed E-state index contributed by atoms with van der Waals surface area (Å²) in [6.45, 7) is 11.0. The van der Waals surface area contributed by atoms with Gasteiger partial charge in [0.05, 0.1) is 18.6 Å². The third-order valence-electron chi connectivity index (χ3n) is 7.44. The summed E-state index contributed by atoms with van der Waals surface area (Å²) in [7, 11) is 0. The third-order valence-corrected chi connectivity index (χ3v) is 8.40.